The molecule has 1 fully saturated rings. The quantitative estimate of drug-likeness (QED) is 0.794. The van der Waals surface area contributed by atoms with Crippen molar-refractivity contribution in [1.29, 1.82) is 0 Å². The zero-order valence-corrected chi connectivity index (χ0v) is 11.9. The van der Waals surface area contributed by atoms with E-state index in [0.717, 1.165) is 6.42 Å². The minimum absolute atomic E-state index is 0.149. The predicted molar refractivity (Wildman–Crippen MR) is 75.4 cm³/mol. The van der Waals surface area contributed by atoms with Crippen LogP contribution in [0.3, 0.4) is 0 Å². The molecular formula is C15H19NO5. The second-order valence-corrected chi connectivity index (χ2v) is 5.16. The molecular weight excluding hydrogens is 274 g/mol. The summed E-state index contributed by atoms with van der Waals surface area (Å²) in [6.45, 7) is -0.0213. The fourth-order valence-electron chi connectivity index (χ4n) is 2.27. The minimum Gasteiger partial charge on any atom is -0.493 e. The number of nitrogens with one attached hydrogen (secondary N) is 1. The van der Waals surface area contributed by atoms with Gasteiger partial charge < -0.3 is 19.9 Å². The molecule has 0 aromatic heterocycles. The minimum atomic E-state index is -0.848. The van der Waals surface area contributed by atoms with Gasteiger partial charge in [-0.3, -0.25) is 9.59 Å². The number of carboxylic acids is 1. The zero-order chi connectivity index (χ0) is 15.3. The molecule has 1 saturated carbocycles. The van der Waals surface area contributed by atoms with Crippen LogP contribution in [0.5, 0.6) is 11.5 Å². The molecule has 1 aliphatic carbocycles. The molecule has 2 rings (SSSR count). The lowest BCUT2D eigenvalue weighted by Gasteiger charge is -2.37. The Morgan fingerprint density at radius 1 is 1.29 bits per heavy atom. The normalized spacial score (nSPS) is 15.7. The first-order valence-corrected chi connectivity index (χ1v) is 6.83. The van der Waals surface area contributed by atoms with E-state index in [1.54, 1.807) is 24.3 Å². The Bertz CT molecular complexity index is 525. The van der Waals surface area contributed by atoms with Crippen molar-refractivity contribution < 1.29 is 24.2 Å². The van der Waals surface area contributed by atoms with Gasteiger partial charge in [0.15, 0.2) is 18.1 Å². The fraction of sp³-hybridized carbons (Fsp3) is 0.467. The van der Waals surface area contributed by atoms with Crippen molar-refractivity contribution in [2.75, 3.05) is 20.3 Å². The number of amides is 1. The number of hydrogen-bond donors (Lipinski definition) is 2. The summed E-state index contributed by atoms with van der Waals surface area (Å²) in [4.78, 5) is 22.9. The van der Waals surface area contributed by atoms with Gasteiger partial charge in [0, 0.05) is 6.54 Å². The lowest BCUT2D eigenvalue weighted by Crippen LogP contribution is -2.48. The summed E-state index contributed by atoms with van der Waals surface area (Å²) < 4.78 is 10.5. The van der Waals surface area contributed by atoms with E-state index >= 15 is 0 Å². The summed E-state index contributed by atoms with van der Waals surface area (Å²) in [5, 5.41) is 11.8. The van der Waals surface area contributed by atoms with Gasteiger partial charge in [-0.2, -0.15) is 0 Å². The third kappa shape index (κ3) is 3.45. The van der Waals surface area contributed by atoms with Crippen molar-refractivity contribution in [2.45, 2.75) is 19.3 Å². The van der Waals surface area contributed by atoms with Gasteiger partial charge in [-0.15, -0.1) is 0 Å². The van der Waals surface area contributed by atoms with Crippen LogP contribution in [0.15, 0.2) is 24.3 Å². The van der Waals surface area contributed by atoms with E-state index in [1.807, 2.05) is 0 Å². The fourth-order valence-corrected chi connectivity index (χ4v) is 2.27. The van der Waals surface area contributed by atoms with Gasteiger partial charge in [0.1, 0.15) is 0 Å². The molecule has 0 aliphatic heterocycles. The Balaban J connectivity index is 1.81. The van der Waals surface area contributed by atoms with Gasteiger partial charge in [-0.1, -0.05) is 18.6 Å². The average Bonchev–Trinajstić information content (AvgIpc) is 2.43. The highest BCUT2D eigenvalue weighted by molar-refractivity contribution is 5.80. The van der Waals surface area contributed by atoms with Gasteiger partial charge >= 0.3 is 5.97 Å². The van der Waals surface area contributed by atoms with E-state index < -0.39 is 11.4 Å². The predicted octanol–water partition coefficient (Wildman–Crippen LogP) is 1.45. The van der Waals surface area contributed by atoms with Crippen molar-refractivity contribution in [3.05, 3.63) is 24.3 Å². The maximum atomic E-state index is 11.8. The van der Waals surface area contributed by atoms with Crippen molar-refractivity contribution in [3.63, 3.8) is 0 Å². The first-order valence-electron chi connectivity index (χ1n) is 6.83. The van der Waals surface area contributed by atoms with Crippen LogP contribution in [0, 0.1) is 5.41 Å². The van der Waals surface area contributed by atoms with Crippen LogP contribution < -0.4 is 14.8 Å². The van der Waals surface area contributed by atoms with E-state index in [0.29, 0.717) is 24.3 Å². The molecule has 21 heavy (non-hydrogen) atoms. The first kappa shape index (κ1) is 15.2. The van der Waals surface area contributed by atoms with Crippen LogP contribution in [0.2, 0.25) is 0 Å². The van der Waals surface area contributed by atoms with Crippen molar-refractivity contribution in [2.24, 2.45) is 5.41 Å². The Labute approximate surface area is 123 Å². The topological polar surface area (TPSA) is 84.9 Å². The maximum Gasteiger partial charge on any atom is 0.311 e. The van der Waals surface area contributed by atoms with Gasteiger partial charge in [0.25, 0.3) is 5.91 Å². The molecule has 2 N–H and O–H groups in total. The molecule has 0 heterocycles. The summed E-state index contributed by atoms with van der Waals surface area (Å²) in [5.41, 5.74) is -0.792. The average molecular weight is 293 g/mol. The van der Waals surface area contributed by atoms with Crippen LogP contribution in [-0.4, -0.2) is 37.2 Å². The molecule has 0 bridgehead atoms. The van der Waals surface area contributed by atoms with Crippen LogP contribution >= 0.6 is 0 Å². The molecule has 1 aliphatic rings. The number of carboxylic acid groups (broad SMARTS) is 1. The molecule has 0 unspecified atom stereocenters. The SMILES string of the molecule is COc1ccccc1OCC(=O)NCC1(C(=O)O)CCC1. The molecule has 0 saturated heterocycles. The first-order chi connectivity index (χ1) is 10.1. The summed E-state index contributed by atoms with van der Waals surface area (Å²) in [6.07, 6.45) is 2.10. The van der Waals surface area contributed by atoms with Gasteiger partial charge in [-0.05, 0) is 25.0 Å². The van der Waals surface area contributed by atoms with Gasteiger partial charge in [-0.25, -0.2) is 0 Å². The standard InChI is InChI=1S/C15H19NO5/c1-20-11-5-2-3-6-12(11)21-9-13(17)16-10-15(14(18)19)7-4-8-15/h2-3,5-6H,4,7-10H2,1H3,(H,16,17)(H,18,19). The molecule has 114 valence electrons. The number of ether oxygens (including phenoxy) is 2. The second-order valence-electron chi connectivity index (χ2n) is 5.16. The van der Waals surface area contributed by atoms with Crippen LogP contribution in [-0.2, 0) is 9.59 Å². The largest absolute Gasteiger partial charge is 0.493 e. The number of benzene rings is 1. The highest BCUT2D eigenvalue weighted by Gasteiger charge is 2.44. The number of carbonyl (C=O) groups is 2. The Hall–Kier alpha value is -2.24. The van der Waals surface area contributed by atoms with Crippen LogP contribution in [0.25, 0.3) is 0 Å². The van der Waals surface area contributed by atoms with E-state index in [9.17, 15) is 14.7 Å². The van der Waals surface area contributed by atoms with Crippen LogP contribution in [0.4, 0.5) is 0 Å². The van der Waals surface area contributed by atoms with Crippen LogP contribution in [0.1, 0.15) is 19.3 Å². The summed E-state index contributed by atoms with van der Waals surface area (Å²) >= 11 is 0. The van der Waals surface area contributed by atoms with E-state index in [1.165, 1.54) is 7.11 Å². The van der Waals surface area contributed by atoms with E-state index in [4.69, 9.17) is 9.47 Å². The third-order valence-corrected chi connectivity index (χ3v) is 3.82. The number of rotatable bonds is 7. The van der Waals surface area contributed by atoms with Gasteiger partial charge in [0.05, 0.1) is 12.5 Å². The number of aliphatic carboxylic acids is 1. The second kappa shape index (κ2) is 6.47. The smallest absolute Gasteiger partial charge is 0.311 e. The Morgan fingerprint density at radius 2 is 1.95 bits per heavy atom. The lowest BCUT2D eigenvalue weighted by molar-refractivity contribution is -0.154. The molecule has 6 nitrogen and oxygen atoms in total. The van der Waals surface area contributed by atoms with Crippen molar-refractivity contribution in [1.82, 2.24) is 5.32 Å². The number of methoxy groups -OCH3 is 1. The third-order valence-electron chi connectivity index (χ3n) is 3.82. The number of carbonyl (C=O) groups excluding carboxylic acids is 1. The molecule has 0 spiro atoms. The molecule has 0 radical (unpaired) electrons. The lowest BCUT2D eigenvalue weighted by atomic mass is 9.69. The molecule has 6 heteroatoms. The molecule has 1 amide bonds. The van der Waals surface area contributed by atoms with E-state index in [2.05, 4.69) is 5.32 Å². The summed E-state index contributed by atoms with van der Waals surface area (Å²) in [7, 11) is 1.52. The summed E-state index contributed by atoms with van der Waals surface area (Å²) in [6, 6.07) is 7.03. The van der Waals surface area contributed by atoms with Crippen molar-refractivity contribution in [3.8, 4) is 11.5 Å². The Kier molecular flexibility index (Phi) is 4.67. The molecule has 1 aromatic rings. The van der Waals surface area contributed by atoms with E-state index in [-0.39, 0.29) is 19.1 Å². The highest BCUT2D eigenvalue weighted by Crippen LogP contribution is 2.40. The monoisotopic (exact) mass is 293 g/mol. The zero-order valence-electron chi connectivity index (χ0n) is 11.9. The summed E-state index contributed by atoms with van der Waals surface area (Å²) in [5.74, 6) is -0.161. The highest BCUT2D eigenvalue weighted by atomic mass is 16.5. The maximum absolute atomic E-state index is 11.8. The Morgan fingerprint density at radius 3 is 2.48 bits per heavy atom. The van der Waals surface area contributed by atoms with Gasteiger partial charge in [0.2, 0.25) is 0 Å². The number of para-hydroxylation sites is 2. The molecule has 0 atom stereocenters. The number of hydrogen-bond acceptors (Lipinski definition) is 4. The molecule has 1 aromatic carbocycles. The van der Waals surface area contributed by atoms with Crippen molar-refractivity contribution >= 4 is 11.9 Å².